The van der Waals surface area contributed by atoms with Crippen molar-refractivity contribution in [1.29, 1.82) is 0 Å². The van der Waals surface area contributed by atoms with E-state index < -0.39 is 10.8 Å². The van der Waals surface area contributed by atoms with Gasteiger partial charge in [0.05, 0.1) is 10.5 Å². The standard InChI is InChI=1S/C18H19BrN4O4/c1-11-3-4-12(19)9-16(11)22-17(24)7-8-21-15-6-5-13(23(26)27)10-14(15)18(25)20-2/h3-6,9-10,21H,7-8H2,1-2H3,(H,20,25)(H,22,24). The largest absolute Gasteiger partial charge is 0.384 e. The van der Waals surface area contributed by atoms with Crippen molar-refractivity contribution in [3.05, 3.63) is 62.1 Å². The van der Waals surface area contributed by atoms with Gasteiger partial charge in [0.25, 0.3) is 11.6 Å². The summed E-state index contributed by atoms with van der Waals surface area (Å²) in [7, 11) is 1.44. The first-order chi connectivity index (χ1) is 12.8. The van der Waals surface area contributed by atoms with Crippen molar-refractivity contribution >= 4 is 44.8 Å². The van der Waals surface area contributed by atoms with Crippen LogP contribution in [0, 0.1) is 17.0 Å². The lowest BCUT2D eigenvalue weighted by molar-refractivity contribution is -0.384. The van der Waals surface area contributed by atoms with E-state index in [1.54, 1.807) is 0 Å². The van der Waals surface area contributed by atoms with Crippen LogP contribution in [0.2, 0.25) is 0 Å². The number of nitro benzene ring substituents is 1. The molecule has 2 amide bonds. The molecule has 0 spiro atoms. The second-order valence-electron chi connectivity index (χ2n) is 5.75. The lowest BCUT2D eigenvalue weighted by Gasteiger charge is -2.12. The minimum Gasteiger partial charge on any atom is -0.384 e. The van der Waals surface area contributed by atoms with Crippen LogP contribution in [-0.4, -0.2) is 30.3 Å². The van der Waals surface area contributed by atoms with E-state index in [9.17, 15) is 19.7 Å². The monoisotopic (exact) mass is 434 g/mol. The number of hydrogen-bond donors (Lipinski definition) is 3. The van der Waals surface area contributed by atoms with Crippen molar-refractivity contribution in [3.63, 3.8) is 0 Å². The van der Waals surface area contributed by atoms with E-state index in [-0.39, 0.29) is 30.1 Å². The van der Waals surface area contributed by atoms with Crippen molar-refractivity contribution in [2.75, 3.05) is 24.2 Å². The molecule has 142 valence electrons. The number of nitrogens with one attached hydrogen (secondary N) is 3. The second-order valence-corrected chi connectivity index (χ2v) is 6.67. The van der Waals surface area contributed by atoms with Gasteiger partial charge in [-0.15, -0.1) is 0 Å². The summed E-state index contributed by atoms with van der Waals surface area (Å²) < 4.78 is 0.864. The zero-order valence-corrected chi connectivity index (χ0v) is 16.4. The van der Waals surface area contributed by atoms with Gasteiger partial charge in [0, 0.05) is 48.0 Å². The van der Waals surface area contributed by atoms with E-state index >= 15 is 0 Å². The van der Waals surface area contributed by atoms with Crippen LogP contribution in [0.3, 0.4) is 0 Å². The third-order valence-electron chi connectivity index (χ3n) is 3.83. The molecule has 0 bridgehead atoms. The highest BCUT2D eigenvalue weighted by molar-refractivity contribution is 9.10. The average molecular weight is 435 g/mol. The molecular formula is C18H19BrN4O4. The lowest BCUT2D eigenvalue weighted by Crippen LogP contribution is -2.21. The zero-order chi connectivity index (χ0) is 20.0. The van der Waals surface area contributed by atoms with Crippen LogP contribution >= 0.6 is 15.9 Å². The van der Waals surface area contributed by atoms with Crippen LogP contribution in [0.25, 0.3) is 0 Å². The van der Waals surface area contributed by atoms with Gasteiger partial charge in [-0.05, 0) is 30.7 Å². The molecule has 0 atom stereocenters. The molecule has 0 aliphatic carbocycles. The first-order valence-electron chi connectivity index (χ1n) is 8.12. The Labute approximate surface area is 164 Å². The minimum atomic E-state index is -0.565. The van der Waals surface area contributed by atoms with Crippen LogP contribution < -0.4 is 16.0 Å². The Hall–Kier alpha value is -2.94. The highest BCUT2D eigenvalue weighted by atomic mass is 79.9. The van der Waals surface area contributed by atoms with Crippen molar-refractivity contribution in [1.82, 2.24) is 5.32 Å². The Kier molecular flexibility index (Phi) is 6.89. The molecule has 8 nitrogen and oxygen atoms in total. The molecule has 3 N–H and O–H groups in total. The number of benzene rings is 2. The maximum Gasteiger partial charge on any atom is 0.270 e. The van der Waals surface area contributed by atoms with Crippen LogP contribution in [0.5, 0.6) is 0 Å². The van der Waals surface area contributed by atoms with Gasteiger partial charge in [0.2, 0.25) is 5.91 Å². The Morgan fingerprint density at radius 1 is 1.15 bits per heavy atom. The number of aryl methyl sites for hydroxylation is 1. The molecule has 0 aliphatic rings. The van der Waals surface area contributed by atoms with Gasteiger partial charge in [-0.3, -0.25) is 19.7 Å². The van der Waals surface area contributed by atoms with Gasteiger partial charge in [0.1, 0.15) is 0 Å². The van der Waals surface area contributed by atoms with Crippen molar-refractivity contribution in [2.45, 2.75) is 13.3 Å². The number of halogens is 1. The van der Waals surface area contributed by atoms with Gasteiger partial charge in [0.15, 0.2) is 0 Å². The molecule has 0 saturated carbocycles. The fourth-order valence-corrected chi connectivity index (χ4v) is 2.74. The highest BCUT2D eigenvalue weighted by Gasteiger charge is 2.16. The Balaban J connectivity index is 2.01. The molecule has 0 fully saturated rings. The van der Waals surface area contributed by atoms with Gasteiger partial charge >= 0.3 is 0 Å². The maximum absolute atomic E-state index is 12.1. The molecule has 27 heavy (non-hydrogen) atoms. The van der Waals surface area contributed by atoms with Gasteiger partial charge in [-0.25, -0.2) is 0 Å². The summed E-state index contributed by atoms with van der Waals surface area (Å²) in [4.78, 5) is 34.4. The molecule has 2 aromatic rings. The van der Waals surface area contributed by atoms with E-state index in [2.05, 4.69) is 31.9 Å². The first kappa shape index (κ1) is 20.4. The third-order valence-corrected chi connectivity index (χ3v) is 4.32. The van der Waals surface area contributed by atoms with E-state index in [0.717, 1.165) is 15.7 Å². The molecule has 0 aliphatic heterocycles. The van der Waals surface area contributed by atoms with Crippen LogP contribution in [-0.2, 0) is 4.79 Å². The summed E-state index contributed by atoms with van der Waals surface area (Å²) in [5.74, 6) is -0.637. The number of nitrogens with zero attached hydrogens (tertiary/aromatic N) is 1. The fourth-order valence-electron chi connectivity index (χ4n) is 2.37. The fraction of sp³-hybridized carbons (Fsp3) is 0.222. The number of nitro groups is 1. The van der Waals surface area contributed by atoms with E-state index in [4.69, 9.17) is 0 Å². The molecule has 0 saturated heterocycles. The first-order valence-corrected chi connectivity index (χ1v) is 8.91. The summed E-state index contributed by atoms with van der Waals surface area (Å²) in [6, 6.07) is 9.57. The summed E-state index contributed by atoms with van der Waals surface area (Å²) in [6.45, 7) is 2.16. The number of carbonyl (C=O) groups excluding carboxylic acids is 2. The van der Waals surface area contributed by atoms with E-state index in [1.807, 2.05) is 25.1 Å². The molecule has 0 unspecified atom stereocenters. The number of carbonyl (C=O) groups is 2. The van der Waals surface area contributed by atoms with E-state index in [0.29, 0.717) is 5.69 Å². The summed E-state index contributed by atoms with van der Waals surface area (Å²) >= 11 is 3.36. The zero-order valence-electron chi connectivity index (χ0n) is 14.8. The molecule has 0 radical (unpaired) electrons. The van der Waals surface area contributed by atoms with Crippen molar-refractivity contribution in [3.8, 4) is 0 Å². The Morgan fingerprint density at radius 3 is 2.56 bits per heavy atom. The summed E-state index contributed by atoms with van der Waals surface area (Å²) in [5.41, 5.74) is 2.05. The van der Waals surface area contributed by atoms with Gasteiger partial charge in [-0.1, -0.05) is 22.0 Å². The molecule has 0 heterocycles. The van der Waals surface area contributed by atoms with Crippen molar-refractivity contribution < 1.29 is 14.5 Å². The van der Waals surface area contributed by atoms with Gasteiger partial charge in [-0.2, -0.15) is 0 Å². The SMILES string of the molecule is CNC(=O)c1cc([N+](=O)[O-])ccc1NCCC(=O)Nc1cc(Br)ccc1C. The maximum atomic E-state index is 12.1. The summed E-state index contributed by atoms with van der Waals surface area (Å²) in [6.07, 6.45) is 0.163. The Morgan fingerprint density at radius 2 is 1.89 bits per heavy atom. The van der Waals surface area contributed by atoms with Gasteiger partial charge < -0.3 is 16.0 Å². The predicted octanol–water partition coefficient (Wildman–Crippen LogP) is 3.47. The van der Waals surface area contributed by atoms with Crippen LogP contribution in [0.4, 0.5) is 17.1 Å². The number of hydrogen-bond acceptors (Lipinski definition) is 5. The average Bonchev–Trinajstić information content (AvgIpc) is 2.64. The number of non-ortho nitro benzene ring substituents is 1. The van der Waals surface area contributed by atoms with Crippen LogP contribution in [0.15, 0.2) is 40.9 Å². The quantitative estimate of drug-likeness (QED) is 0.455. The van der Waals surface area contributed by atoms with Crippen LogP contribution in [0.1, 0.15) is 22.3 Å². The molecule has 0 aromatic heterocycles. The lowest BCUT2D eigenvalue weighted by atomic mass is 10.1. The van der Waals surface area contributed by atoms with Crippen molar-refractivity contribution in [2.24, 2.45) is 0 Å². The predicted molar refractivity (Wildman–Crippen MR) is 107 cm³/mol. The smallest absolute Gasteiger partial charge is 0.270 e. The highest BCUT2D eigenvalue weighted by Crippen LogP contribution is 2.23. The second kappa shape index (κ2) is 9.13. The van der Waals surface area contributed by atoms with E-state index in [1.165, 1.54) is 25.2 Å². The Bertz CT molecular complexity index is 886. The number of amides is 2. The molecule has 9 heteroatoms. The number of anilines is 2. The minimum absolute atomic E-state index is 0.148. The number of rotatable bonds is 7. The summed E-state index contributed by atoms with van der Waals surface area (Å²) in [5, 5.41) is 19.2. The normalized spacial score (nSPS) is 10.2. The topological polar surface area (TPSA) is 113 Å². The molecule has 2 rings (SSSR count). The third kappa shape index (κ3) is 5.52. The molecular weight excluding hydrogens is 416 g/mol. The molecule has 2 aromatic carbocycles.